The van der Waals surface area contributed by atoms with Crippen LogP contribution in [-0.4, -0.2) is 23.7 Å². The quantitative estimate of drug-likeness (QED) is 0.650. The predicted octanol–water partition coefficient (Wildman–Crippen LogP) is 1.97. The summed E-state index contributed by atoms with van der Waals surface area (Å²) in [5.41, 5.74) is 2.20. The number of para-hydroxylation sites is 1. The van der Waals surface area contributed by atoms with Crippen LogP contribution in [0.15, 0.2) is 35.9 Å². The molecular formula is C14H14N2O2. The lowest BCUT2D eigenvalue weighted by molar-refractivity contribution is -0.132. The SMILES string of the molecule is CC1Cc2ccccc2N1CC=C(C#N)C(=O)O. The van der Waals surface area contributed by atoms with Crippen molar-refractivity contribution < 1.29 is 9.90 Å². The van der Waals surface area contributed by atoms with Crippen LogP contribution in [0.5, 0.6) is 0 Å². The first-order valence-electron chi connectivity index (χ1n) is 5.81. The zero-order valence-electron chi connectivity index (χ0n) is 10.1. The van der Waals surface area contributed by atoms with Gasteiger partial charge in [0.05, 0.1) is 0 Å². The fourth-order valence-electron chi connectivity index (χ4n) is 2.28. The molecule has 0 saturated carbocycles. The summed E-state index contributed by atoms with van der Waals surface area (Å²) in [5.74, 6) is -1.17. The summed E-state index contributed by atoms with van der Waals surface area (Å²) >= 11 is 0. The van der Waals surface area contributed by atoms with E-state index in [1.807, 2.05) is 18.2 Å². The lowest BCUT2D eigenvalue weighted by Crippen LogP contribution is -2.29. The molecule has 18 heavy (non-hydrogen) atoms. The molecule has 2 rings (SSSR count). The number of anilines is 1. The zero-order chi connectivity index (χ0) is 13.1. The van der Waals surface area contributed by atoms with E-state index in [1.165, 1.54) is 11.6 Å². The molecule has 0 radical (unpaired) electrons. The number of nitrogens with zero attached hydrogens (tertiary/aromatic N) is 2. The molecule has 1 aromatic carbocycles. The lowest BCUT2D eigenvalue weighted by atomic mass is 10.1. The van der Waals surface area contributed by atoms with Crippen LogP contribution in [0.2, 0.25) is 0 Å². The van der Waals surface area contributed by atoms with Gasteiger partial charge in [0.2, 0.25) is 0 Å². The van der Waals surface area contributed by atoms with Gasteiger partial charge in [-0.05, 0) is 31.1 Å². The van der Waals surface area contributed by atoms with Crippen molar-refractivity contribution >= 4 is 11.7 Å². The van der Waals surface area contributed by atoms with Crippen LogP contribution in [0.25, 0.3) is 0 Å². The molecular weight excluding hydrogens is 228 g/mol. The fourth-order valence-corrected chi connectivity index (χ4v) is 2.28. The van der Waals surface area contributed by atoms with Crippen molar-refractivity contribution in [2.24, 2.45) is 0 Å². The van der Waals surface area contributed by atoms with Crippen LogP contribution in [0.3, 0.4) is 0 Å². The molecule has 1 aromatic rings. The maximum Gasteiger partial charge on any atom is 0.346 e. The second kappa shape index (κ2) is 4.92. The smallest absolute Gasteiger partial charge is 0.346 e. The highest BCUT2D eigenvalue weighted by Gasteiger charge is 2.24. The summed E-state index contributed by atoms with van der Waals surface area (Å²) < 4.78 is 0. The van der Waals surface area contributed by atoms with E-state index in [4.69, 9.17) is 10.4 Å². The van der Waals surface area contributed by atoms with Gasteiger partial charge in [0, 0.05) is 18.3 Å². The minimum atomic E-state index is -1.17. The maximum absolute atomic E-state index is 10.8. The molecule has 0 spiro atoms. The Labute approximate surface area is 106 Å². The van der Waals surface area contributed by atoms with Crippen LogP contribution in [0.1, 0.15) is 12.5 Å². The fraction of sp³-hybridized carbons (Fsp3) is 0.286. The van der Waals surface area contributed by atoms with Crippen LogP contribution in [0.4, 0.5) is 5.69 Å². The van der Waals surface area contributed by atoms with Gasteiger partial charge < -0.3 is 10.0 Å². The molecule has 0 fully saturated rings. The summed E-state index contributed by atoms with van der Waals surface area (Å²) in [7, 11) is 0. The zero-order valence-corrected chi connectivity index (χ0v) is 10.1. The van der Waals surface area contributed by atoms with Gasteiger partial charge in [-0.15, -0.1) is 0 Å². The van der Waals surface area contributed by atoms with Crippen LogP contribution in [-0.2, 0) is 11.2 Å². The molecule has 1 heterocycles. The van der Waals surface area contributed by atoms with E-state index in [1.54, 1.807) is 6.07 Å². The Balaban J connectivity index is 2.21. The van der Waals surface area contributed by atoms with E-state index >= 15 is 0 Å². The number of nitriles is 1. The van der Waals surface area contributed by atoms with Gasteiger partial charge in [-0.3, -0.25) is 0 Å². The second-order valence-corrected chi connectivity index (χ2v) is 4.37. The van der Waals surface area contributed by atoms with Crippen molar-refractivity contribution in [1.29, 1.82) is 5.26 Å². The Morgan fingerprint density at radius 1 is 1.61 bits per heavy atom. The number of carbonyl (C=O) groups is 1. The largest absolute Gasteiger partial charge is 0.477 e. The monoisotopic (exact) mass is 242 g/mol. The van der Waals surface area contributed by atoms with Gasteiger partial charge in [0.1, 0.15) is 11.6 Å². The predicted molar refractivity (Wildman–Crippen MR) is 68.3 cm³/mol. The summed E-state index contributed by atoms with van der Waals surface area (Å²) in [6, 6.07) is 10.1. The van der Waals surface area contributed by atoms with Crippen molar-refractivity contribution in [3.05, 3.63) is 41.5 Å². The molecule has 4 nitrogen and oxygen atoms in total. The number of rotatable bonds is 3. The van der Waals surface area contributed by atoms with Crippen molar-refractivity contribution in [2.45, 2.75) is 19.4 Å². The Morgan fingerprint density at radius 2 is 2.33 bits per heavy atom. The van der Waals surface area contributed by atoms with Crippen molar-refractivity contribution in [3.8, 4) is 6.07 Å². The average molecular weight is 242 g/mol. The van der Waals surface area contributed by atoms with Crippen LogP contribution >= 0.6 is 0 Å². The summed E-state index contributed by atoms with van der Waals surface area (Å²) in [6.07, 6.45) is 2.43. The molecule has 1 aliphatic heterocycles. The number of carboxylic acids is 1. The Kier molecular flexibility index (Phi) is 3.33. The summed E-state index contributed by atoms with van der Waals surface area (Å²) in [4.78, 5) is 12.9. The minimum absolute atomic E-state index is 0.202. The molecule has 0 amide bonds. The third-order valence-corrected chi connectivity index (χ3v) is 3.19. The normalized spacial score (nSPS) is 18.3. The first-order chi connectivity index (χ1) is 8.63. The van der Waals surface area contributed by atoms with Crippen molar-refractivity contribution in [2.75, 3.05) is 11.4 Å². The number of fused-ring (bicyclic) bond motifs is 1. The van der Waals surface area contributed by atoms with Crippen molar-refractivity contribution in [1.82, 2.24) is 0 Å². The van der Waals surface area contributed by atoms with Crippen LogP contribution in [0, 0.1) is 11.3 Å². The Hall–Kier alpha value is -2.28. The molecule has 1 atom stereocenters. The molecule has 1 unspecified atom stereocenters. The van der Waals surface area contributed by atoms with E-state index in [0.717, 1.165) is 12.1 Å². The molecule has 1 N–H and O–H groups in total. The highest BCUT2D eigenvalue weighted by Crippen LogP contribution is 2.31. The van der Waals surface area contributed by atoms with E-state index in [0.29, 0.717) is 12.6 Å². The van der Waals surface area contributed by atoms with Gasteiger partial charge in [-0.25, -0.2) is 4.79 Å². The second-order valence-electron chi connectivity index (χ2n) is 4.37. The maximum atomic E-state index is 10.8. The molecule has 0 bridgehead atoms. The number of carboxylic acid groups (broad SMARTS) is 1. The first-order valence-corrected chi connectivity index (χ1v) is 5.81. The minimum Gasteiger partial charge on any atom is -0.477 e. The van der Waals surface area contributed by atoms with Gasteiger partial charge in [-0.2, -0.15) is 5.26 Å². The number of benzene rings is 1. The number of hydrogen-bond acceptors (Lipinski definition) is 3. The van der Waals surface area contributed by atoms with E-state index in [2.05, 4.69) is 17.9 Å². The van der Waals surface area contributed by atoms with Gasteiger partial charge in [0.15, 0.2) is 0 Å². The van der Waals surface area contributed by atoms with Crippen molar-refractivity contribution in [3.63, 3.8) is 0 Å². The van der Waals surface area contributed by atoms with E-state index in [-0.39, 0.29) is 5.57 Å². The van der Waals surface area contributed by atoms with Gasteiger partial charge >= 0.3 is 5.97 Å². The molecule has 0 aliphatic carbocycles. The molecule has 4 heteroatoms. The summed E-state index contributed by atoms with van der Waals surface area (Å²) in [6.45, 7) is 2.55. The third-order valence-electron chi connectivity index (χ3n) is 3.19. The highest BCUT2D eigenvalue weighted by molar-refractivity contribution is 5.91. The lowest BCUT2D eigenvalue weighted by Gasteiger charge is -2.23. The molecule has 0 saturated heterocycles. The molecule has 0 aromatic heterocycles. The number of hydrogen-bond donors (Lipinski definition) is 1. The van der Waals surface area contributed by atoms with E-state index in [9.17, 15) is 4.79 Å². The third kappa shape index (κ3) is 2.21. The average Bonchev–Trinajstić information content (AvgIpc) is 2.66. The van der Waals surface area contributed by atoms with E-state index < -0.39 is 5.97 Å². The first kappa shape index (κ1) is 12.2. The highest BCUT2D eigenvalue weighted by atomic mass is 16.4. The Morgan fingerprint density at radius 3 is 3.00 bits per heavy atom. The Bertz CT molecular complexity index is 543. The standard InChI is InChI=1S/C14H14N2O2/c1-10-8-11-4-2-3-5-13(11)16(10)7-6-12(9-15)14(17)18/h2-6,10H,7-8H2,1H3,(H,17,18). The van der Waals surface area contributed by atoms with Gasteiger partial charge in [0.25, 0.3) is 0 Å². The topological polar surface area (TPSA) is 64.3 Å². The summed E-state index contributed by atoms with van der Waals surface area (Å²) in [5, 5.41) is 17.5. The van der Waals surface area contributed by atoms with Crippen LogP contribution < -0.4 is 4.90 Å². The molecule has 92 valence electrons. The number of aliphatic carboxylic acids is 1. The molecule has 1 aliphatic rings. The van der Waals surface area contributed by atoms with Gasteiger partial charge in [-0.1, -0.05) is 18.2 Å².